The molecule has 0 aromatic carbocycles. The van der Waals surface area contributed by atoms with E-state index in [9.17, 15) is 4.79 Å². The van der Waals surface area contributed by atoms with Crippen molar-refractivity contribution in [1.29, 1.82) is 0 Å². The molecule has 0 saturated carbocycles. The summed E-state index contributed by atoms with van der Waals surface area (Å²) in [6.07, 6.45) is 7.48. The van der Waals surface area contributed by atoms with E-state index in [4.69, 9.17) is 0 Å². The van der Waals surface area contributed by atoms with Gasteiger partial charge < -0.3 is 10.2 Å². The first-order valence-electron chi connectivity index (χ1n) is 7.73. The molecule has 1 aromatic heterocycles. The molecule has 4 heteroatoms. The molecule has 1 amide bonds. The monoisotopic (exact) mass is 275 g/mol. The Balaban J connectivity index is 2.04. The molecule has 1 aliphatic rings. The molecule has 0 bridgehead atoms. The molecule has 1 aliphatic heterocycles. The third kappa shape index (κ3) is 3.71. The zero-order valence-electron chi connectivity index (χ0n) is 12.6. The Morgan fingerprint density at radius 1 is 1.40 bits per heavy atom. The molecule has 0 aliphatic carbocycles. The highest BCUT2D eigenvalue weighted by Crippen LogP contribution is 2.18. The maximum Gasteiger partial charge on any atom is 0.272 e. The first-order chi connectivity index (χ1) is 9.72. The molecule has 1 aromatic rings. The predicted molar refractivity (Wildman–Crippen MR) is 82.0 cm³/mol. The Hall–Kier alpha value is -1.58. The summed E-state index contributed by atoms with van der Waals surface area (Å²) in [4.78, 5) is 18.8. The summed E-state index contributed by atoms with van der Waals surface area (Å²) in [5.74, 6) is 0.0708. The molecule has 110 valence electrons. The summed E-state index contributed by atoms with van der Waals surface area (Å²) < 4.78 is 0. The van der Waals surface area contributed by atoms with E-state index in [2.05, 4.69) is 24.1 Å². The lowest BCUT2D eigenvalue weighted by molar-refractivity contribution is 0.0692. The Morgan fingerprint density at radius 2 is 2.25 bits per heavy atom. The van der Waals surface area contributed by atoms with Gasteiger partial charge in [0.1, 0.15) is 5.69 Å². The first-order valence-corrected chi connectivity index (χ1v) is 7.73. The lowest BCUT2D eigenvalue weighted by Crippen LogP contribution is -2.38. The highest BCUT2D eigenvalue weighted by atomic mass is 16.2. The van der Waals surface area contributed by atoms with Gasteiger partial charge in [0.25, 0.3) is 5.91 Å². The number of carbonyl (C=O) groups is 1. The number of rotatable bonds is 4. The van der Waals surface area contributed by atoms with Crippen LogP contribution in [0.3, 0.4) is 0 Å². The Bertz CT molecular complexity index is 430. The highest BCUT2D eigenvalue weighted by Gasteiger charge is 2.23. The molecule has 2 heterocycles. The molecule has 2 rings (SSSR count). The van der Waals surface area contributed by atoms with Gasteiger partial charge >= 0.3 is 0 Å². The molecular weight excluding hydrogens is 250 g/mol. The lowest BCUT2D eigenvalue weighted by Gasteiger charge is -2.26. The zero-order valence-corrected chi connectivity index (χ0v) is 12.6. The van der Waals surface area contributed by atoms with Gasteiger partial charge in [0, 0.05) is 19.1 Å². The second-order valence-electron chi connectivity index (χ2n) is 5.56. The average molecular weight is 275 g/mol. The van der Waals surface area contributed by atoms with E-state index >= 15 is 0 Å². The number of aromatic nitrogens is 1. The SMILES string of the molecule is CCCNc1ccc(C(=O)N2CCCCCC2C)nc1. The van der Waals surface area contributed by atoms with E-state index in [1.807, 2.05) is 17.0 Å². The van der Waals surface area contributed by atoms with Crippen LogP contribution in [0.2, 0.25) is 0 Å². The van der Waals surface area contributed by atoms with Crippen LogP contribution in [0.1, 0.15) is 56.4 Å². The second-order valence-corrected chi connectivity index (χ2v) is 5.56. The van der Waals surface area contributed by atoms with E-state index in [-0.39, 0.29) is 5.91 Å². The van der Waals surface area contributed by atoms with Crippen LogP contribution in [0.5, 0.6) is 0 Å². The number of hydrogen-bond acceptors (Lipinski definition) is 3. The molecule has 1 saturated heterocycles. The van der Waals surface area contributed by atoms with E-state index in [1.165, 1.54) is 12.8 Å². The van der Waals surface area contributed by atoms with Crippen LogP contribution < -0.4 is 5.32 Å². The van der Waals surface area contributed by atoms with Crippen molar-refractivity contribution >= 4 is 11.6 Å². The van der Waals surface area contributed by atoms with Crippen LogP contribution in [0.25, 0.3) is 0 Å². The Kier molecular flexibility index (Phi) is 5.39. The number of likely N-dealkylation sites (tertiary alicyclic amines) is 1. The third-order valence-corrected chi connectivity index (χ3v) is 3.88. The van der Waals surface area contributed by atoms with Gasteiger partial charge in [0.05, 0.1) is 11.9 Å². The number of carbonyl (C=O) groups excluding carboxylic acids is 1. The third-order valence-electron chi connectivity index (χ3n) is 3.88. The summed E-state index contributed by atoms with van der Waals surface area (Å²) >= 11 is 0. The summed E-state index contributed by atoms with van der Waals surface area (Å²) in [5, 5.41) is 3.27. The standard InChI is InChI=1S/C16H25N3O/c1-3-10-17-14-8-9-15(18-12-14)16(20)19-11-6-4-5-7-13(19)2/h8-9,12-13,17H,3-7,10-11H2,1-2H3. The van der Waals surface area contributed by atoms with Crippen molar-refractivity contribution in [1.82, 2.24) is 9.88 Å². The van der Waals surface area contributed by atoms with Crippen LogP contribution in [-0.4, -0.2) is 34.9 Å². The first kappa shape index (κ1) is 14.8. The largest absolute Gasteiger partial charge is 0.384 e. The number of anilines is 1. The van der Waals surface area contributed by atoms with Crippen LogP contribution in [-0.2, 0) is 0 Å². The van der Waals surface area contributed by atoms with Gasteiger partial charge in [0.15, 0.2) is 0 Å². The summed E-state index contributed by atoms with van der Waals surface area (Å²) in [5.41, 5.74) is 1.54. The number of nitrogens with one attached hydrogen (secondary N) is 1. The van der Waals surface area contributed by atoms with Crippen molar-refractivity contribution in [2.24, 2.45) is 0 Å². The van der Waals surface area contributed by atoms with Crippen molar-refractivity contribution < 1.29 is 4.79 Å². The van der Waals surface area contributed by atoms with Crippen molar-refractivity contribution in [3.8, 4) is 0 Å². The molecule has 4 nitrogen and oxygen atoms in total. The fourth-order valence-electron chi connectivity index (χ4n) is 2.62. The maximum atomic E-state index is 12.5. The normalized spacial score (nSPS) is 19.5. The van der Waals surface area contributed by atoms with Gasteiger partial charge in [0.2, 0.25) is 0 Å². The summed E-state index contributed by atoms with van der Waals surface area (Å²) in [6.45, 7) is 6.05. The molecular formula is C16H25N3O. The van der Waals surface area contributed by atoms with E-state index in [0.717, 1.165) is 38.0 Å². The minimum Gasteiger partial charge on any atom is -0.384 e. The van der Waals surface area contributed by atoms with Gasteiger partial charge in [-0.1, -0.05) is 19.8 Å². The zero-order chi connectivity index (χ0) is 14.4. The maximum absolute atomic E-state index is 12.5. The number of hydrogen-bond donors (Lipinski definition) is 1. The van der Waals surface area contributed by atoms with E-state index in [0.29, 0.717) is 11.7 Å². The van der Waals surface area contributed by atoms with Gasteiger partial charge in [-0.05, 0) is 38.3 Å². The minimum atomic E-state index is 0.0708. The number of amides is 1. The average Bonchev–Trinajstić information content (AvgIpc) is 2.69. The smallest absolute Gasteiger partial charge is 0.272 e. The number of nitrogens with zero attached hydrogens (tertiary/aromatic N) is 2. The molecule has 1 unspecified atom stereocenters. The Morgan fingerprint density at radius 3 is 2.95 bits per heavy atom. The molecule has 1 atom stereocenters. The van der Waals surface area contributed by atoms with Crippen molar-refractivity contribution in [3.05, 3.63) is 24.0 Å². The topological polar surface area (TPSA) is 45.2 Å². The van der Waals surface area contributed by atoms with Crippen LogP contribution in [0, 0.1) is 0 Å². The Labute approximate surface area is 121 Å². The van der Waals surface area contributed by atoms with Gasteiger partial charge in [-0.3, -0.25) is 4.79 Å². The fraction of sp³-hybridized carbons (Fsp3) is 0.625. The van der Waals surface area contributed by atoms with E-state index < -0.39 is 0 Å². The highest BCUT2D eigenvalue weighted by molar-refractivity contribution is 5.92. The second kappa shape index (κ2) is 7.27. The predicted octanol–water partition coefficient (Wildman–Crippen LogP) is 3.31. The van der Waals surface area contributed by atoms with Gasteiger partial charge in [-0.15, -0.1) is 0 Å². The van der Waals surface area contributed by atoms with Gasteiger partial charge in [-0.2, -0.15) is 0 Å². The van der Waals surface area contributed by atoms with Crippen LogP contribution in [0.4, 0.5) is 5.69 Å². The van der Waals surface area contributed by atoms with Gasteiger partial charge in [-0.25, -0.2) is 4.98 Å². The molecule has 20 heavy (non-hydrogen) atoms. The lowest BCUT2D eigenvalue weighted by atomic mass is 10.1. The molecule has 1 fully saturated rings. The van der Waals surface area contributed by atoms with Crippen LogP contribution >= 0.6 is 0 Å². The molecule has 0 spiro atoms. The van der Waals surface area contributed by atoms with Crippen molar-refractivity contribution in [2.75, 3.05) is 18.4 Å². The quantitative estimate of drug-likeness (QED) is 0.917. The molecule has 1 N–H and O–H groups in total. The minimum absolute atomic E-state index is 0.0708. The molecule has 0 radical (unpaired) electrons. The fourth-order valence-corrected chi connectivity index (χ4v) is 2.62. The van der Waals surface area contributed by atoms with Crippen molar-refractivity contribution in [3.63, 3.8) is 0 Å². The summed E-state index contributed by atoms with van der Waals surface area (Å²) in [6, 6.07) is 4.10. The van der Waals surface area contributed by atoms with Crippen LogP contribution in [0.15, 0.2) is 18.3 Å². The van der Waals surface area contributed by atoms with E-state index in [1.54, 1.807) is 6.20 Å². The number of pyridine rings is 1. The van der Waals surface area contributed by atoms with Crippen molar-refractivity contribution in [2.45, 2.75) is 52.0 Å². The summed E-state index contributed by atoms with van der Waals surface area (Å²) in [7, 11) is 0.